The zero-order valence-corrected chi connectivity index (χ0v) is 10.9. The molecular formula is C12H16ClNO3. The van der Waals surface area contributed by atoms with Gasteiger partial charge in [-0.05, 0) is 31.7 Å². The third-order valence-electron chi connectivity index (χ3n) is 2.37. The van der Waals surface area contributed by atoms with E-state index in [2.05, 4.69) is 0 Å². The Kier molecular flexibility index (Phi) is 4.78. The topological polar surface area (TPSA) is 49.8 Å². The predicted octanol–water partition coefficient (Wildman–Crippen LogP) is 2.17. The van der Waals surface area contributed by atoms with Gasteiger partial charge in [-0.3, -0.25) is 9.69 Å². The van der Waals surface area contributed by atoms with Crippen molar-refractivity contribution >= 4 is 17.6 Å². The second kappa shape index (κ2) is 5.89. The maximum atomic E-state index is 10.6. The molecule has 0 radical (unpaired) electrons. The number of carboxylic acid groups (broad SMARTS) is 1. The molecular weight excluding hydrogens is 242 g/mol. The van der Waals surface area contributed by atoms with Crippen LogP contribution in [0, 0.1) is 6.92 Å². The van der Waals surface area contributed by atoms with Gasteiger partial charge in [0.15, 0.2) is 0 Å². The molecule has 0 unspecified atom stereocenters. The minimum atomic E-state index is -0.856. The van der Waals surface area contributed by atoms with Crippen LogP contribution in [0.2, 0.25) is 5.02 Å². The standard InChI is InChI=1S/C12H16ClNO3/c1-8-4-10(13)5-9(12(8)17-3)6-14(2)7-11(15)16/h4-5H,6-7H2,1-3H3,(H,15,16). The van der Waals surface area contributed by atoms with E-state index in [1.165, 1.54) is 0 Å². The Balaban J connectivity index is 2.92. The number of aryl methyl sites for hydroxylation is 1. The molecule has 0 heterocycles. The summed E-state index contributed by atoms with van der Waals surface area (Å²) in [6.07, 6.45) is 0. The number of methoxy groups -OCH3 is 1. The number of carboxylic acids is 1. The Morgan fingerprint density at radius 2 is 2.18 bits per heavy atom. The van der Waals surface area contributed by atoms with Gasteiger partial charge in [-0.1, -0.05) is 11.6 Å². The number of ether oxygens (including phenoxy) is 1. The number of likely N-dealkylation sites (N-methyl/N-ethyl adjacent to an activating group) is 1. The Hall–Kier alpha value is -1.26. The molecule has 5 heteroatoms. The number of hydrogen-bond acceptors (Lipinski definition) is 3. The summed E-state index contributed by atoms with van der Waals surface area (Å²) >= 11 is 5.98. The highest BCUT2D eigenvalue weighted by molar-refractivity contribution is 6.30. The summed E-state index contributed by atoms with van der Waals surface area (Å²) in [5.41, 5.74) is 1.83. The first-order valence-corrected chi connectivity index (χ1v) is 5.55. The van der Waals surface area contributed by atoms with Crippen molar-refractivity contribution in [3.8, 4) is 5.75 Å². The number of nitrogens with zero attached hydrogens (tertiary/aromatic N) is 1. The van der Waals surface area contributed by atoms with Crippen LogP contribution in [0.1, 0.15) is 11.1 Å². The fraction of sp³-hybridized carbons (Fsp3) is 0.417. The van der Waals surface area contributed by atoms with E-state index in [1.54, 1.807) is 25.1 Å². The van der Waals surface area contributed by atoms with E-state index in [4.69, 9.17) is 21.4 Å². The fourth-order valence-electron chi connectivity index (χ4n) is 1.79. The van der Waals surface area contributed by atoms with E-state index in [1.807, 2.05) is 13.0 Å². The third-order valence-corrected chi connectivity index (χ3v) is 2.58. The lowest BCUT2D eigenvalue weighted by molar-refractivity contribution is -0.138. The maximum absolute atomic E-state index is 10.6. The van der Waals surface area contributed by atoms with Gasteiger partial charge in [0, 0.05) is 17.1 Å². The highest BCUT2D eigenvalue weighted by Gasteiger charge is 2.12. The molecule has 0 fully saturated rings. The normalized spacial score (nSPS) is 10.6. The minimum absolute atomic E-state index is 0.0191. The van der Waals surface area contributed by atoms with E-state index >= 15 is 0 Å². The first-order chi connectivity index (χ1) is 7.93. The van der Waals surface area contributed by atoms with Crippen LogP contribution in [-0.2, 0) is 11.3 Å². The quantitative estimate of drug-likeness (QED) is 0.878. The van der Waals surface area contributed by atoms with E-state index < -0.39 is 5.97 Å². The van der Waals surface area contributed by atoms with Crippen molar-refractivity contribution in [2.24, 2.45) is 0 Å². The van der Waals surface area contributed by atoms with Gasteiger partial charge in [-0.2, -0.15) is 0 Å². The summed E-state index contributed by atoms with van der Waals surface area (Å²) < 4.78 is 5.30. The molecule has 1 aromatic rings. The third kappa shape index (κ3) is 3.91. The van der Waals surface area contributed by atoms with Crippen LogP contribution in [0.4, 0.5) is 0 Å². The van der Waals surface area contributed by atoms with E-state index in [0.29, 0.717) is 11.6 Å². The monoisotopic (exact) mass is 257 g/mol. The molecule has 0 saturated heterocycles. The first-order valence-electron chi connectivity index (χ1n) is 5.17. The molecule has 0 aromatic heterocycles. The lowest BCUT2D eigenvalue weighted by Crippen LogP contribution is -2.25. The Labute approximate surface area is 106 Å². The van der Waals surface area contributed by atoms with Crippen LogP contribution >= 0.6 is 11.6 Å². The van der Waals surface area contributed by atoms with E-state index in [-0.39, 0.29) is 6.54 Å². The molecule has 17 heavy (non-hydrogen) atoms. The summed E-state index contributed by atoms with van der Waals surface area (Å²) in [4.78, 5) is 12.3. The van der Waals surface area contributed by atoms with Crippen LogP contribution in [0.5, 0.6) is 5.75 Å². The summed E-state index contributed by atoms with van der Waals surface area (Å²) in [5, 5.41) is 9.33. The molecule has 0 aliphatic carbocycles. The van der Waals surface area contributed by atoms with E-state index in [0.717, 1.165) is 16.9 Å². The van der Waals surface area contributed by atoms with Gasteiger partial charge in [0.1, 0.15) is 5.75 Å². The van der Waals surface area contributed by atoms with Crippen LogP contribution in [0.25, 0.3) is 0 Å². The number of rotatable bonds is 5. The molecule has 0 aliphatic heterocycles. The predicted molar refractivity (Wildman–Crippen MR) is 66.7 cm³/mol. The number of carbonyl (C=O) groups is 1. The van der Waals surface area contributed by atoms with Gasteiger partial charge in [0.25, 0.3) is 0 Å². The summed E-state index contributed by atoms with van der Waals surface area (Å²) in [7, 11) is 3.33. The van der Waals surface area contributed by atoms with Crippen molar-refractivity contribution < 1.29 is 14.6 Å². The first kappa shape index (κ1) is 13.8. The molecule has 4 nitrogen and oxygen atoms in total. The molecule has 94 valence electrons. The number of hydrogen-bond donors (Lipinski definition) is 1. The van der Waals surface area contributed by atoms with Crippen LogP contribution < -0.4 is 4.74 Å². The second-order valence-electron chi connectivity index (χ2n) is 3.98. The highest BCUT2D eigenvalue weighted by Crippen LogP contribution is 2.28. The van der Waals surface area contributed by atoms with Crippen molar-refractivity contribution in [3.63, 3.8) is 0 Å². The zero-order chi connectivity index (χ0) is 13.0. The lowest BCUT2D eigenvalue weighted by atomic mass is 10.1. The van der Waals surface area contributed by atoms with Crippen molar-refractivity contribution in [1.82, 2.24) is 4.90 Å². The van der Waals surface area contributed by atoms with Gasteiger partial charge in [0.2, 0.25) is 0 Å². The Morgan fingerprint density at radius 1 is 1.53 bits per heavy atom. The van der Waals surface area contributed by atoms with Crippen LogP contribution in [0.3, 0.4) is 0 Å². The summed E-state index contributed by atoms with van der Waals surface area (Å²) in [6.45, 7) is 2.37. The largest absolute Gasteiger partial charge is 0.496 e. The molecule has 1 N–H and O–H groups in total. The van der Waals surface area contributed by atoms with Gasteiger partial charge < -0.3 is 9.84 Å². The second-order valence-corrected chi connectivity index (χ2v) is 4.42. The smallest absolute Gasteiger partial charge is 0.317 e. The minimum Gasteiger partial charge on any atom is -0.496 e. The Morgan fingerprint density at radius 3 is 2.71 bits per heavy atom. The molecule has 1 rings (SSSR count). The van der Waals surface area contributed by atoms with Gasteiger partial charge in [0.05, 0.1) is 13.7 Å². The molecule has 0 atom stereocenters. The van der Waals surface area contributed by atoms with Gasteiger partial charge in [-0.15, -0.1) is 0 Å². The van der Waals surface area contributed by atoms with Crippen molar-refractivity contribution in [2.45, 2.75) is 13.5 Å². The summed E-state index contributed by atoms with van der Waals surface area (Å²) in [6, 6.07) is 3.62. The molecule has 0 saturated carbocycles. The SMILES string of the molecule is COc1c(C)cc(Cl)cc1CN(C)CC(=O)O. The maximum Gasteiger partial charge on any atom is 0.317 e. The number of aliphatic carboxylic acids is 1. The number of halogens is 1. The molecule has 0 aliphatic rings. The van der Waals surface area contributed by atoms with Crippen molar-refractivity contribution in [2.75, 3.05) is 20.7 Å². The molecule has 0 amide bonds. The van der Waals surface area contributed by atoms with Crippen LogP contribution in [-0.4, -0.2) is 36.7 Å². The number of benzene rings is 1. The fourth-order valence-corrected chi connectivity index (χ4v) is 2.08. The average molecular weight is 258 g/mol. The van der Waals surface area contributed by atoms with Gasteiger partial charge >= 0.3 is 5.97 Å². The molecule has 0 bridgehead atoms. The van der Waals surface area contributed by atoms with Gasteiger partial charge in [-0.25, -0.2) is 0 Å². The van der Waals surface area contributed by atoms with Crippen molar-refractivity contribution in [3.05, 3.63) is 28.3 Å². The highest BCUT2D eigenvalue weighted by atomic mass is 35.5. The average Bonchev–Trinajstić information content (AvgIpc) is 2.15. The van der Waals surface area contributed by atoms with E-state index in [9.17, 15) is 4.79 Å². The molecule has 0 spiro atoms. The molecule has 1 aromatic carbocycles. The van der Waals surface area contributed by atoms with Crippen LogP contribution in [0.15, 0.2) is 12.1 Å². The zero-order valence-electron chi connectivity index (χ0n) is 10.2. The lowest BCUT2D eigenvalue weighted by Gasteiger charge is -2.18. The Bertz CT molecular complexity index is 420. The van der Waals surface area contributed by atoms with Crippen molar-refractivity contribution in [1.29, 1.82) is 0 Å². The summed E-state index contributed by atoms with van der Waals surface area (Å²) in [5.74, 6) is -0.100.